The van der Waals surface area contributed by atoms with E-state index < -0.39 is 16.2 Å². The minimum Gasteiger partial charge on any atom is -0.469 e. The van der Waals surface area contributed by atoms with E-state index in [1.54, 1.807) is 6.92 Å². The van der Waals surface area contributed by atoms with Crippen LogP contribution in [0.1, 0.15) is 12.1 Å². The molecule has 0 saturated heterocycles. The van der Waals surface area contributed by atoms with Gasteiger partial charge in [-0.2, -0.15) is 12.7 Å². The molecule has 0 aliphatic heterocycles. The fourth-order valence-corrected chi connectivity index (χ4v) is 2.50. The van der Waals surface area contributed by atoms with Gasteiger partial charge in [0.15, 0.2) is 0 Å². The Hall–Kier alpha value is -1.38. The van der Waals surface area contributed by atoms with Crippen LogP contribution in [0.4, 0.5) is 5.69 Å². The van der Waals surface area contributed by atoms with Crippen LogP contribution in [0.15, 0.2) is 12.1 Å². The third kappa shape index (κ3) is 4.62. The lowest BCUT2D eigenvalue weighted by Crippen LogP contribution is -2.34. The first-order valence-corrected chi connectivity index (χ1v) is 7.52. The molecule has 0 aliphatic rings. The molecule has 0 radical (unpaired) electrons. The minimum absolute atomic E-state index is 0.0159. The van der Waals surface area contributed by atoms with E-state index in [0.717, 1.165) is 4.31 Å². The Bertz CT molecular complexity index is 591. The summed E-state index contributed by atoms with van der Waals surface area (Å²) < 4.78 is 31.9. The third-order valence-electron chi connectivity index (χ3n) is 2.56. The average molecular weight is 322 g/mol. The summed E-state index contributed by atoms with van der Waals surface area (Å²) in [5.41, 5.74) is 0.793. The zero-order valence-electron chi connectivity index (χ0n) is 11.4. The normalized spacial score (nSPS) is 11.4. The lowest BCUT2D eigenvalue weighted by atomic mass is 10.3. The molecule has 7 nitrogen and oxygen atoms in total. The topological polar surface area (TPSA) is 88.6 Å². The van der Waals surface area contributed by atoms with E-state index >= 15 is 0 Å². The zero-order chi connectivity index (χ0) is 15.3. The Morgan fingerprint density at radius 3 is 2.70 bits per heavy atom. The van der Waals surface area contributed by atoms with Gasteiger partial charge in [0.2, 0.25) is 0 Å². The molecule has 0 spiro atoms. The van der Waals surface area contributed by atoms with E-state index in [0.29, 0.717) is 11.4 Å². The second-order valence-corrected chi connectivity index (χ2v) is 6.19. The number of halogens is 1. The molecule has 1 rings (SSSR count). The van der Waals surface area contributed by atoms with Crippen molar-refractivity contribution in [2.45, 2.75) is 13.3 Å². The molecule has 0 atom stereocenters. The number of nitrogens with zero attached hydrogens (tertiary/aromatic N) is 2. The van der Waals surface area contributed by atoms with Crippen LogP contribution in [0.25, 0.3) is 0 Å². The van der Waals surface area contributed by atoms with Gasteiger partial charge in [-0.3, -0.25) is 9.52 Å². The van der Waals surface area contributed by atoms with E-state index in [-0.39, 0.29) is 18.1 Å². The Kier molecular flexibility index (Phi) is 5.73. The number of carbonyl (C=O) groups is 1. The van der Waals surface area contributed by atoms with Gasteiger partial charge in [-0.1, -0.05) is 11.6 Å². The highest BCUT2D eigenvalue weighted by Gasteiger charge is 2.19. The van der Waals surface area contributed by atoms with Crippen molar-refractivity contribution in [1.29, 1.82) is 0 Å². The second-order valence-electron chi connectivity index (χ2n) is 4.02. The maximum absolute atomic E-state index is 12.0. The van der Waals surface area contributed by atoms with E-state index in [9.17, 15) is 13.2 Å². The number of aromatic nitrogens is 1. The molecule has 112 valence electrons. The molecule has 0 aromatic carbocycles. The summed E-state index contributed by atoms with van der Waals surface area (Å²) in [7, 11) is -1.15. The van der Waals surface area contributed by atoms with Crippen LogP contribution in [0.2, 0.25) is 5.15 Å². The number of hydrogen-bond donors (Lipinski definition) is 1. The van der Waals surface area contributed by atoms with Gasteiger partial charge in [-0.15, -0.1) is 0 Å². The Balaban J connectivity index is 2.76. The van der Waals surface area contributed by atoms with Crippen LogP contribution in [0, 0.1) is 6.92 Å². The predicted octanol–water partition coefficient (Wildman–Crippen LogP) is 1.20. The Morgan fingerprint density at radius 2 is 2.15 bits per heavy atom. The zero-order valence-corrected chi connectivity index (χ0v) is 13.0. The summed E-state index contributed by atoms with van der Waals surface area (Å²) in [5, 5.41) is 0.282. The van der Waals surface area contributed by atoms with Crippen LogP contribution in [0.5, 0.6) is 0 Å². The van der Waals surface area contributed by atoms with Gasteiger partial charge < -0.3 is 4.74 Å². The van der Waals surface area contributed by atoms with Gasteiger partial charge in [0, 0.05) is 13.6 Å². The number of ether oxygens (including phenoxy) is 1. The number of methoxy groups -OCH3 is 1. The van der Waals surface area contributed by atoms with Crippen molar-refractivity contribution in [1.82, 2.24) is 9.29 Å². The molecule has 9 heteroatoms. The van der Waals surface area contributed by atoms with Gasteiger partial charge in [0.1, 0.15) is 5.15 Å². The van der Waals surface area contributed by atoms with Crippen LogP contribution in [0.3, 0.4) is 0 Å². The second kappa shape index (κ2) is 6.87. The lowest BCUT2D eigenvalue weighted by Gasteiger charge is -2.18. The fourth-order valence-electron chi connectivity index (χ4n) is 1.33. The van der Waals surface area contributed by atoms with E-state index in [4.69, 9.17) is 11.6 Å². The summed E-state index contributed by atoms with van der Waals surface area (Å²) in [4.78, 5) is 15.0. The number of carbonyl (C=O) groups excluding carboxylic acids is 1. The van der Waals surface area contributed by atoms with Crippen LogP contribution >= 0.6 is 11.6 Å². The molecule has 0 fully saturated rings. The quantitative estimate of drug-likeness (QED) is 0.628. The molecule has 1 aromatic heterocycles. The molecule has 0 unspecified atom stereocenters. The summed E-state index contributed by atoms with van der Waals surface area (Å²) in [5.74, 6) is -0.476. The SMILES string of the molecule is COC(=O)CCN(C)S(=O)(=O)Nc1ccc(Cl)nc1C. The van der Waals surface area contributed by atoms with Crippen molar-refractivity contribution >= 4 is 33.5 Å². The number of hydrogen-bond acceptors (Lipinski definition) is 5. The van der Waals surface area contributed by atoms with E-state index in [1.807, 2.05) is 0 Å². The summed E-state index contributed by atoms with van der Waals surface area (Å²) in [6.07, 6.45) is -0.0221. The Labute approximate surface area is 123 Å². The van der Waals surface area contributed by atoms with Crippen molar-refractivity contribution in [3.8, 4) is 0 Å². The van der Waals surface area contributed by atoms with Crippen molar-refractivity contribution in [2.24, 2.45) is 0 Å². The maximum atomic E-state index is 12.0. The number of anilines is 1. The van der Waals surface area contributed by atoms with E-state index in [2.05, 4.69) is 14.4 Å². The van der Waals surface area contributed by atoms with Gasteiger partial charge in [-0.05, 0) is 19.1 Å². The van der Waals surface area contributed by atoms with Crippen molar-refractivity contribution in [3.63, 3.8) is 0 Å². The largest absolute Gasteiger partial charge is 0.469 e. The highest BCUT2D eigenvalue weighted by Crippen LogP contribution is 2.17. The molecule has 0 aliphatic carbocycles. The van der Waals surface area contributed by atoms with Crippen LogP contribution in [-0.4, -0.2) is 44.4 Å². The third-order valence-corrected chi connectivity index (χ3v) is 4.25. The first kappa shape index (κ1) is 16.7. The maximum Gasteiger partial charge on any atom is 0.306 e. The number of pyridine rings is 1. The van der Waals surface area contributed by atoms with Crippen molar-refractivity contribution < 1.29 is 17.9 Å². The van der Waals surface area contributed by atoms with Crippen LogP contribution in [-0.2, 0) is 19.7 Å². The van der Waals surface area contributed by atoms with Gasteiger partial charge in [0.25, 0.3) is 0 Å². The van der Waals surface area contributed by atoms with Crippen molar-refractivity contribution in [3.05, 3.63) is 23.0 Å². The molecule has 1 heterocycles. The molecule has 20 heavy (non-hydrogen) atoms. The monoisotopic (exact) mass is 321 g/mol. The molecule has 1 aromatic rings. The minimum atomic E-state index is -3.76. The average Bonchev–Trinajstić information content (AvgIpc) is 2.38. The number of nitrogens with one attached hydrogen (secondary N) is 1. The highest BCUT2D eigenvalue weighted by atomic mass is 35.5. The fraction of sp³-hybridized carbons (Fsp3) is 0.455. The molecule has 0 saturated carbocycles. The van der Waals surface area contributed by atoms with Gasteiger partial charge >= 0.3 is 16.2 Å². The number of esters is 1. The molecule has 0 bridgehead atoms. The molecular formula is C11H16ClN3O4S. The first-order chi connectivity index (χ1) is 9.26. The van der Waals surface area contributed by atoms with Crippen LogP contribution < -0.4 is 4.72 Å². The Morgan fingerprint density at radius 1 is 1.50 bits per heavy atom. The summed E-state index contributed by atoms with van der Waals surface area (Å²) in [6, 6.07) is 3.01. The summed E-state index contributed by atoms with van der Waals surface area (Å²) >= 11 is 5.70. The highest BCUT2D eigenvalue weighted by molar-refractivity contribution is 7.90. The smallest absolute Gasteiger partial charge is 0.306 e. The summed E-state index contributed by atoms with van der Waals surface area (Å²) in [6.45, 7) is 1.65. The molecule has 1 N–H and O–H groups in total. The lowest BCUT2D eigenvalue weighted by molar-refractivity contribution is -0.140. The predicted molar refractivity (Wildman–Crippen MR) is 75.8 cm³/mol. The number of aryl methyl sites for hydroxylation is 1. The molecular weight excluding hydrogens is 306 g/mol. The molecule has 0 amide bonds. The number of rotatable bonds is 6. The van der Waals surface area contributed by atoms with Gasteiger partial charge in [0.05, 0.1) is 24.9 Å². The van der Waals surface area contributed by atoms with E-state index in [1.165, 1.54) is 26.3 Å². The first-order valence-electron chi connectivity index (χ1n) is 5.70. The standard InChI is InChI=1S/C11H16ClN3O4S/c1-8-9(4-5-10(12)13-8)14-20(17,18)15(2)7-6-11(16)19-3/h4-5,14H,6-7H2,1-3H3. The van der Waals surface area contributed by atoms with Crippen molar-refractivity contribution in [2.75, 3.05) is 25.4 Å². The van der Waals surface area contributed by atoms with Gasteiger partial charge in [-0.25, -0.2) is 4.98 Å².